The third-order valence-electron chi connectivity index (χ3n) is 5.00. The van der Waals surface area contributed by atoms with Crippen LogP contribution in [0.15, 0.2) is 51.7 Å². The van der Waals surface area contributed by atoms with Gasteiger partial charge >= 0.3 is 0 Å². The van der Waals surface area contributed by atoms with E-state index in [4.69, 9.17) is 4.42 Å². The van der Waals surface area contributed by atoms with Gasteiger partial charge in [0.2, 0.25) is 5.56 Å². The third-order valence-corrected chi connectivity index (χ3v) is 5.00. The molecular formula is C23H27N3O3. The SMILES string of the molecule is CCN(CC)Cc1cc(C(=O)Nc2c(C)cc(=O)[nH]c2C)c(-c2ccccc2)o1. The molecule has 6 nitrogen and oxygen atoms in total. The minimum absolute atomic E-state index is 0.187. The molecular weight excluding hydrogens is 366 g/mol. The Kier molecular flexibility index (Phi) is 6.34. The number of benzene rings is 1. The smallest absolute Gasteiger partial charge is 0.259 e. The molecule has 6 heteroatoms. The number of aryl methyl sites for hydroxylation is 2. The zero-order chi connectivity index (χ0) is 21.0. The summed E-state index contributed by atoms with van der Waals surface area (Å²) in [6, 6.07) is 12.9. The van der Waals surface area contributed by atoms with Gasteiger partial charge in [0.05, 0.1) is 17.8 Å². The fraction of sp³-hybridized carbons (Fsp3) is 0.304. The largest absolute Gasteiger partial charge is 0.459 e. The number of aromatic nitrogens is 1. The molecule has 2 N–H and O–H groups in total. The fourth-order valence-electron chi connectivity index (χ4n) is 3.38. The van der Waals surface area contributed by atoms with Crippen molar-refractivity contribution in [3.8, 4) is 11.3 Å². The third kappa shape index (κ3) is 4.66. The summed E-state index contributed by atoms with van der Waals surface area (Å²) < 4.78 is 6.11. The van der Waals surface area contributed by atoms with Crippen LogP contribution in [-0.2, 0) is 6.54 Å². The van der Waals surface area contributed by atoms with Crippen LogP contribution >= 0.6 is 0 Å². The van der Waals surface area contributed by atoms with E-state index in [1.165, 1.54) is 6.07 Å². The standard InChI is InChI=1S/C23H27N3O3/c1-5-26(6-2)14-18-13-19(22(29-18)17-10-8-7-9-11-17)23(28)25-21-15(3)12-20(27)24-16(21)4/h7-13H,5-6,14H2,1-4H3,(H,24,27)(H,25,28). The summed E-state index contributed by atoms with van der Waals surface area (Å²) in [7, 11) is 0. The van der Waals surface area contributed by atoms with Crippen molar-refractivity contribution in [3.05, 3.63) is 75.4 Å². The van der Waals surface area contributed by atoms with Crippen molar-refractivity contribution in [2.45, 2.75) is 34.2 Å². The second-order valence-electron chi connectivity index (χ2n) is 7.05. The van der Waals surface area contributed by atoms with Crippen molar-refractivity contribution in [3.63, 3.8) is 0 Å². The number of furan rings is 1. The monoisotopic (exact) mass is 393 g/mol. The lowest BCUT2D eigenvalue weighted by Gasteiger charge is -2.15. The van der Waals surface area contributed by atoms with E-state index >= 15 is 0 Å². The van der Waals surface area contributed by atoms with Crippen molar-refractivity contribution < 1.29 is 9.21 Å². The Hall–Kier alpha value is -3.12. The van der Waals surface area contributed by atoms with Crippen LogP contribution in [0.3, 0.4) is 0 Å². The van der Waals surface area contributed by atoms with Crippen LogP contribution in [0.2, 0.25) is 0 Å². The van der Waals surface area contributed by atoms with Crippen molar-refractivity contribution in [2.24, 2.45) is 0 Å². The van der Waals surface area contributed by atoms with Crippen LogP contribution < -0.4 is 10.9 Å². The van der Waals surface area contributed by atoms with E-state index in [1.54, 1.807) is 13.8 Å². The van der Waals surface area contributed by atoms with Gasteiger partial charge in [-0.05, 0) is 38.6 Å². The minimum Gasteiger partial charge on any atom is -0.459 e. The molecule has 0 aliphatic rings. The van der Waals surface area contributed by atoms with Gasteiger partial charge in [0.1, 0.15) is 11.5 Å². The molecule has 3 rings (SSSR count). The van der Waals surface area contributed by atoms with Crippen LogP contribution in [0.1, 0.15) is 41.2 Å². The minimum atomic E-state index is -0.267. The molecule has 2 aromatic heterocycles. The normalized spacial score (nSPS) is 11.1. The van der Waals surface area contributed by atoms with Gasteiger partial charge in [0.25, 0.3) is 5.91 Å². The fourth-order valence-corrected chi connectivity index (χ4v) is 3.38. The predicted molar refractivity (Wildman–Crippen MR) is 115 cm³/mol. The summed E-state index contributed by atoms with van der Waals surface area (Å²) in [5.41, 5.74) is 3.08. The average Bonchev–Trinajstić information content (AvgIpc) is 3.13. The summed E-state index contributed by atoms with van der Waals surface area (Å²) in [6.07, 6.45) is 0. The molecule has 1 amide bonds. The molecule has 3 aromatic rings. The molecule has 0 fully saturated rings. The van der Waals surface area contributed by atoms with E-state index < -0.39 is 0 Å². The summed E-state index contributed by atoms with van der Waals surface area (Å²) in [5.74, 6) is 1.02. The molecule has 29 heavy (non-hydrogen) atoms. The Morgan fingerprint density at radius 1 is 1.10 bits per heavy atom. The van der Waals surface area contributed by atoms with Gasteiger partial charge in [-0.1, -0.05) is 44.2 Å². The number of anilines is 1. The summed E-state index contributed by atoms with van der Waals surface area (Å²) in [4.78, 5) is 29.7. The zero-order valence-electron chi connectivity index (χ0n) is 17.3. The van der Waals surface area contributed by atoms with Crippen molar-refractivity contribution in [1.82, 2.24) is 9.88 Å². The molecule has 152 valence electrons. The number of nitrogens with zero attached hydrogens (tertiary/aromatic N) is 1. The first-order chi connectivity index (χ1) is 13.9. The van der Waals surface area contributed by atoms with Crippen molar-refractivity contribution >= 4 is 11.6 Å². The number of aromatic amines is 1. The number of carbonyl (C=O) groups is 1. The Morgan fingerprint density at radius 3 is 2.41 bits per heavy atom. The van der Waals surface area contributed by atoms with Crippen LogP contribution in [0, 0.1) is 13.8 Å². The predicted octanol–water partition coefficient (Wildman–Crippen LogP) is 4.35. The van der Waals surface area contributed by atoms with Crippen LogP contribution in [0.25, 0.3) is 11.3 Å². The van der Waals surface area contributed by atoms with Crippen molar-refractivity contribution in [1.29, 1.82) is 0 Å². The van der Waals surface area contributed by atoms with E-state index in [-0.39, 0.29) is 11.5 Å². The van der Waals surface area contributed by atoms with Crippen molar-refractivity contribution in [2.75, 3.05) is 18.4 Å². The summed E-state index contributed by atoms with van der Waals surface area (Å²) in [6.45, 7) is 10.2. The molecule has 0 bridgehead atoms. The molecule has 0 radical (unpaired) electrons. The Bertz CT molecular complexity index is 1020. The zero-order valence-corrected chi connectivity index (χ0v) is 17.3. The molecule has 0 unspecified atom stereocenters. The van der Waals surface area contributed by atoms with Gasteiger partial charge in [-0.25, -0.2) is 0 Å². The lowest BCUT2D eigenvalue weighted by molar-refractivity contribution is 0.102. The van der Waals surface area contributed by atoms with E-state index in [1.807, 2.05) is 36.4 Å². The number of amides is 1. The maximum absolute atomic E-state index is 13.2. The Balaban J connectivity index is 1.99. The number of hydrogen-bond acceptors (Lipinski definition) is 4. The highest BCUT2D eigenvalue weighted by Gasteiger charge is 2.21. The first-order valence-electron chi connectivity index (χ1n) is 9.85. The van der Waals surface area contributed by atoms with Crippen LogP contribution in [-0.4, -0.2) is 28.9 Å². The van der Waals surface area contributed by atoms with Gasteiger partial charge in [0.15, 0.2) is 0 Å². The lowest BCUT2D eigenvalue weighted by Crippen LogP contribution is -2.21. The molecule has 0 aliphatic heterocycles. The topological polar surface area (TPSA) is 78.3 Å². The number of H-pyrrole nitrogens is 1. The lowest BCUT2D eigenvalue weighted by atomic mass is 10.1. The Labute approximate surface area is 170 Å². The number of rotatable bonds is 7. The second-order valence-corrected chi connectivity index (χ2v) is 7.05. The summed E-state index contributed by atoms with van der Waals surface area (Å²) >= 11 is 0. The quantitative estimate of drug-likeness (QED) is 0.626. The number of pyridine rings is 1. The molecule has 0 aliphatic carbocycles. The second kappa shape index (κ2) is 8.92. The molecule has 0 atom stereocenters. The van der Waals surface area contributed by atoms with Gasteiger partial charge in [0, 0.05) is 17.3 Å². The first kappa shape index (κ1) is 20.6. The van der Waals surface area contributed by atoms with Gasteiger partial charge in [-0.3, -0.25) is 14.5 Å². The maximum Gasteiger partial charge on any atom is 0.259 e. The highest BCUT2D eigenvalue weighted by Crippen LogP contribution is 2.29. The maximum atomic E-state index is 13.2. The molecule has 2 heterocycles. The van der Waals surface area contributed by atoms with Gasteiger partial charge in [-0.2, -0.15) is 0 Å². The average molecular weight is 393 g/mol. The van der Waals surface area contributed by atoms with E-state index in [9.17, 15) is 9.59 Å². The molecule has 0 spiro atoms. The Morgan fingerprint density at radius 2 is 1.79 bits per heavy atom. The van der Waals surface area contributed by atoms with Gasteiger partial charge < -0.3 is 14.7 Å². The number of carbonyl (C=O) groups excluding carboxylic acids is 1. The number of nitrogens with one attached hydrogen (secondary N) is 2. The van der Waals surface area contributed by atoms with Crippen LogP contribution in [0.4, 0.5) is 5.69 Å². The molecule has 1 aromatic carbocycles. The summed E-state index contributed by atoms with van der Waals surface area (Å²) in [5, 5.41) is 2.94. The number of hydrogen-bond donors (Lipinski definition) is 2. The van der Waals surface area contributed by atoms with Gasteiger partial charge in [-0.15, -0.1) is 0 Å². The highest BCUT2D eigenvalue weighted by atomic mass is 16.3. The van der Waals surface area contributed by atoms with E-state index in [0.29, 0.717) is 34.8 Å². The van der Waals surface area contributed by atoms with Crippen LogP contribution in [0.5, 0.6) is 0 Å². The van der Waals surface area contributed by atoms with E-state index in [0.717, 1.165) is 24.4 Å². The van der Waals surface area contributed by atoms with E-state index in [2.05, 4.69) is 29.0 Å². The molecule has 0 saturated heterocycles. The highest BCUT2D eigenvalue weighted by molar-refractivity contribution is 6.08. The molecule has 0 saturated carbocycles. The first-order valence-corrected chi connectivity index (χ1v) is 9.85.